The van der Waals surface area contributed by atoms with E-state index in [1.807, 2.05) is 60.7 Å². The molecule has 1 heterocycles. The van der Waals surface area contributed by atoms with E-state index in [0.29, 0.717) is 30.1 Å². The summed E-state index contributed by atoms with van der Waals surface area (Å²) in [6.07, 6.45) is 5.75. The van der Waals surface area contributed by atoms with Crippen LogP contribution in [0.1, 0.15) is 37.7 Å². The first-order chi connectivity index (χ1) is 18.7. The number of nitrogens with one attached hydrogen (secondary N) is 1. The maximum atomic E-state index is 12.2. The molecular formula is C30H31N3O5. The fraction of sp³-hybridized carbons (Fsp3) is 0.300. The highest BCUT2D eigenvalue weighted by molar-refractivity contribution is 6.36. The second kappa shape index (κ2) is 11.9. The molecule has 4 aromatic rings. The summed E-state index contributed by atoms with van der Waals surface area (Å²) < 4.78 is 7.79. The van der Waals surface area contributed by atoms with E-state index < -0.39 is 6.09 Å². The highest BCUT2D eigenvalue weighted by atomic mass is 16.7. The minimum Gasteiger partial charge on any atom is -0.491 e. The average Bonchev–Trinajstić information content (AvgIpc) is 3.29. The van der Waals surface area contributed by atoms with Gasteiger partial charge in [-0.2, -0.15) is 0 Å². The highest BCUT2D eigenvalue weighted by Gasteiger charge is 2.17. The molecule has 8 heteroatoms. The molecule has 196 valence electrons. The standard InChI is InChI=1S/C30H31N3O5/c34-15-16-37-24-12-14-29-26(18-24)25-17-22(11-13-28(25)33(29)23-9-5-2-6-10-23)27(20-35)32-38-30(36)31-19-21-7-3-1-4-8-21/h2,5-6,9-14,17-18,20-21,34H,1,3-4,7-8,15-16,19H2,(H,31,36)/b32-27+. The molecule has 2 N–H and O–H groups in total. The molecule has 0 spiro atoms. The number of ether oxygens (including phenoxy) is 1. The first-order valence-electron chi connectivity index (χ1n) is 13.0. The fourth-order valence-electron chi connectivity index (χ4n) is 5.15. The number of para-hydroxylation sites is 1. The van der Waals surface area contributed by atoms with Crippen LogP contribution in [0, 0.1) is 5.92 Å². The topological polar surface area (TPSA) is 102 Å². The molecular weight excluding hydrogens is 482 g/mol. The van der Waals surface area contributed by atoms with Gasteiger partial charge in [-0.05, 0) is 61.2 Å². The molecule has 1 fully saturated rings. The van der Waals surface area contributed by atoms with Crippen molar-refractivity contribution < 1.29 is 24.3 Å². The number of benzene rings is 3. The van der Waals surface area contributed by atoms with Gasteiger partial charge in [0.05, 0.1) is 17.6 Å². The van der Waals surface area contributed by atoms with Crippen molar-refractivity contribution in [3.63, 3.8) is 0 Å². The number of oxime groups is 1. The molecule has 8 nitrogen and oxygen atoms in total. The van der Waals surface area contributed by atoms with Gasteiger partial charge >= 0.3 is 6.09 Å². The molecule has 0 radical (unpaired) electrons. The van der Waals surface area contributed by atoms with Crippen LogP contribution >= 0.6 is 0 Å². The lowest BCUT2D eigenvalue weighted by Crippen LogP contribution is -2.30. The second-order valence-corrected chi connectivity index (χ2v) is 9.51. The number of aromatic nitrogens is 1. The van der Waals surface area contributed by atoms with Crippen molar-refractivity contribution in [2.24, 2.45) is 11.1 Å². The van der Waals surface area contributed by atoms with Gasteiger partial charge in [-0.3, -0.25) is 9.63 Å². The summed E-state index contributed by atoms with van der Waals surface area (Å²) in [7, 11) is 0. The minimum absolute atomic E-state index is 0.0213. The molecule has 38 heavy (non-hydrogen) atoms. The quantitative estimate of drug-likeness (QED) is 0.136. The molecule has 0 bridgehead atoms. The highest BCUT2D eigenvalue weighted by Crippen LogP contribution is 2.35. The molecule has 1 aliphatic carbocycles. The Morgan fingerprint density at radius 2 is 1.74 bits per heavy atom. The van der Waals surface area contributed by atoms with Crippen LogP contribution in [-0.2, 0) is 9.63 Å². The van der Waals surface area contributed by atoms with E-state index in [-0.39, 0.29) is 18.9 Å². The lowest BCUT2D eigenvalue weighted by Gasteiger charge is -2.21. The van der Waals surface area contributed by atoms with Crippen LogP contribution in [0.4, 0.5) is 4.79 Å². The molecule has 0 unspecified atom stereocenters. The van der Waals surface area contributed by atoms with Crippen LogP contribution in [0.25, 0.3) is 27.5 Å². The zero-order valence-corrected chi connectivity index (χ0v) is 21.1. The van der Waals surface area contributed by atoms with Crippen molar-refractivity contribution in [2.45, 2.75) is 32.1 Å². The maximum Gasteiger partial charge on any atom is 0.433 e. The van der Waals surface area contributed by atoms with Crippen LogP contribution in [0.3, 0.4) is 0 Å². The van der Waals surface area contributed by atoms with Crippen LogP contribution in [0.5, 0.6) is 5.75 Å². The normalized spacial score (nSPS) is 14.5. The summed E-state index contributed by atoms with van der Waals surface area (Å²) in [4.78, 5) is 29.2. The number of carbonyl (C=O) groups is 2. The van der Waals surface area contributed by atoms with Crippen molar-refractivity contribution in [3.8, 4) is 11.4 Å². The third-order valence-corrected chi connectivity index (χ3v) is 7.01. The zero-order valence-electron chi connectivity index (χ0n) is 21.1. The van der Waals surface area contributed by atoms with Gasteiger partial charge in [0.2, 0.25) is 0 Å². The lowest BCUT2D eigenvalue weighted by molar-refractivity contribution is -0.102. The van der Waals surface area contributed by atoms with Crippen molar-refractivity contribution in [3.05, 3.63) is 72.3 Å². The molecule has 5 rings (SSSR count). The Hall–Kier alpha value is -4.17. The molecule has 0 aliphatic heterocycles. The van der Waals surface area contributed by atoms with Crippen LogP contribution in [0.15, 0.2) is 71.9 Å². The number of hydrogen-bond donors (Lipinski definition) is 2. The molecule has 1 aromatic heterocycles. The van der Waals surface area contributed by atoms with Crippen molar-refractivity contribution in [1.82, 2.24) is 9.88 Å². The Bertz CT molecular complexity index is 1460. The minimum atomic E-state index is -0.664. The Kier molecular flexibility index (Phi) is 7.99. The summed E-state index contributed by atoms with van der Waals surface area (Å²) in [5.41, 5.74) is 3.44. The van der Waals surface area contributed by atoms with E-state index in [1.165, 1.54) is 19.3 Å². The molecule has 1 saturated carbocycles. The van der Waals surface area contributed by atoms with E-state index >= 15 is 0 Å². The van der Waals surface area contributed by atoms with Gasteiger partial charge in [0.1, 0.15) is 12.4 Å². The molecule has 1 aliphatic rings. The van der Waals surface area contributed by atoms with Crippen LogP contribution in [0.2, 0.25) is 0 Å². The third-order valence-electron chi connectivity index (χ3n) is 7.01. The number of aliphatic hydroxyl groups is 1. The molecule has 1 amide bonds. The van der Waals surface area contributed by atoms with Crippen LogP contribution in [-0.4, -0.2) is 47.5 Å². The maximum absolute atomic E-state index is 12.2. The van der Waals surface area contributed by atoms with Crippen molar-refractivity contribution in [2.75, 3.05) is 19.8 Å². The molecule has 0 atom stereocenters. The van der Waals surface area contributed by atoms with Gasteiger partial charge in [0, 0.05) is 28.6 Å². The first kappa shape index (κ1) is 25.5. The molecule has 3 aromatic carbocycles. The van der Waals surface area contributed by atoms with E-state index in [9.17, 15) is 9.59 Å². The Balaban J connectivity index is 1.47. The number of fused-ring (bicyclic) bond motifs is 3. The summed E-state index contributed by atoms with van der Waals surface area (Å²) in [5.74, 6) is 1.09. The number of hydrogen-bond acceptors (Lipinski definition) is 6. The van der Waals surface area contributed by atoms with E-state index in [2.05, 4.69) is 15.0 Å². The third kappa shape index (κ3) is 5.55. The number of carbonyl (C=O) groups excluding carboxylic acids is 2. The number of amides is 1. The SMILES string of the molecule is O=C/C(=N\OC(=O)NCC1CCCCC1)c1ccc2c(c1)c1cc(OCCO)ccc1n2-c1ccccc1. The number of aliphatic hydroxyl groups excluding tert-OH is 1. The average molecular weight is 514 g/mol. The monoisotopic (exact) mass is 513 g/mol. The van der Waals surface area contributed by atoms with Gasteiger partial charge in [0.25, 0.3) is 0 Å². The van der Waals surface area contributed by atoms with Crippen LogP contribution < -0.4 is 10.1 Å². The van der Waals surface area contributed by atoms with Gasteiger partial charge in [-0.25, -0.2) is 4.79 Å². The van der Waals surface area contributed by atoms with Gasteiger partial charge < -0.3 is 19.7 Å². The van der Waals surface area contributed by atoms with Crippen molar-refractivity contribution >= 4 is 39.9 Å². The largest absolute Gasteiger partial charge is 0.491 e. The lowest BCUT2D eigenvalue weighted by atomic mass is 9.89. The van der Waals surface area contributed by atoms with E-state index in [1.54, 1.807) is 6.07 Å². The zero-order chi connectivity index (χ0) is 26.3. The summed E-state index contributed by atoms with van der Waals surface area (Å²) in [6, 6.07) is 21.3. The predicted molar refractivity (Wildman–Crippen MR) is 147 cm³/mol. The van der Waals surface area contributed by atoms with E-state index in [0.717, 1.165) is 40.3 Å². The van der Waals surface area contributed by atoms with Gasteiger partial charge in [-0.1, -0.05) is 48.7 Å². The number of nitrogens with zero attached hydrogens (tertiary/aromatic N) is 2. The number of rotatable bonds is 9. The van der Waals surface area contributed by atoms with Gasteiger partial charge in [0.15, 0.2) is 12.0 Å². The number of aldehydes is 1. The summed E-state index contributed by atoms with van der Waals surface area (Å²) >= 11 is 0. The summed E-state index contributed by atoms with van der Waals surface area (Å²) in [5, 5.41) is 17.6. The first-order valence-corrected chi connectivity index (χ1v) is 13.0. The predicted octanol–water partition coefficient (Wildman–Crippen LogP) is 5.36. The second-order valence-electron chi connectivity index (χ2n) is 9.51. The van der Waals surface area contributed by atoms with E-state index in [4.69, 9.17) is 14.7 Å². The molecule has 0 saturated heterocycles. The van der Waals surface area contributed by atoms with Gasteiger partial charge in [-0.15, -0.1) is 0 Å². The Labute approximate surface area is 220 Å². The Morgan fingerprint density at radius 1 is 1.00 bits per heavy atom. The smallest absolute Gasteiger partial charge is 0.433 e. The Morgan fingerprint density at radius 3 is 2.47 bits per heavy atom. The fourth-order valence-corrected chi connectivity index (χ4v) is 5.15. The summed E-state index contributed by atoms with van der Waals surface area (Å²) in [6.45, 7) is 0.661. The van der Waals surface area contributed by atoms with Crippen molar-refractivity contribution in [1.29, 1.82) is 0 Å².